The molecule has 0 atom stereocenters. The molecule has 1 aliphatic heterocycles. The van der Waals surface area contributed by atoms with E-state index in [1.807, 2.05) is 12.1 Å². The molecule has 0 bridgehead atoms. The maximum atomic E-state index is 12.3. The van der Waals surface area contributed by atoms with Crippen molar-refractivity contribution in [1.82, 2.24) is 9.21 Å². The standard InChI is InChI=1S/C15H21ClN2O3S/c1-17(22(2,20)21)14-7-9-18(10-8-14)15(19)11-12-3-5-13(16)6-4-12/h3-6,14H,7-11H2,1-2H3. The highest BCUT2D eigenvalue weighted by Gasteiger charge is 2.28. The van der Waals surface area contributed by atoms with Gasteiger partial charge in [-0.1, -0.05) is 23.7 Å². The average molecular weight is 345 g/mol. The van der Waals surface area contributed by atoms with Crippen molar-refractivity contribution in [2.24, 2.45) is 0 Å². The van der Waals surface area contributed by atoms with E-state index in [1.54, 1.807) is 24.1 Å². The quantitative estimate of drug-likeness (QED) is 0.836. The van der Waals surface area contributed by atoms with Crippen molar-refractivity contribution in [2.75, 3.05) is 26.4 Å². The van der Waals surface area contributed by atoms with Gasteiger partial charge in [-0.05, 0) is 30.5 Å². The number of rotatable bonds is 4. The Morgan fingerprint density at radius 3 is 2.32 bits per heavy atom. The number of carbonyl (C=O) groups is 1. The zero-order valence-electron chi connectivity index (χ0n) is 12.8. The summed E-state index contributed by atoms with van der Waals surface area (Å²) in [5.74, 6) is 0.0720. The normalized spacial score (nSPS) is 17.0. The van der Waals surface area contributed by atoms with Gasteiger partial charge >= 0.3 is 0 Å². The molecular formula is C15H21ClN2O3S. The molecule has 1 saturated heterocycles. The fraction of sp³-hybridized carbons (Fsp3) is 0.533. The second-order valence-electron chi connectivity index (χ2n) is 5.69. The second-order valence-corrected chi connectivity index (χ2v) is 8.17. The van der Waals surface area contributed by atoms with Crippen LogP contribution >= 0.6 is 11.6 Å². The summed E-state index contributed by atoms with van der Waals surface area (Å²) in [5.41, 5.74) is 0.935. The van der Waals surface area contributed by atoms with Gasteiger partial charge in [-0.15, -0.1) is 0 Å². The van der Waals surface area contributed by atoms with Gasteiger partial charge in [0.2, 0.25) is 15.9 Å². The smallest absolute Gasteiger partial charge is 0.226 e. The first kappa shape index (κ1) is 17.2. The van der Waals surface area contributed by atoms with Crippen LogP contribution < -0.4 is 0 Å². The number of halogens is 1. The van der Waals surface area contributed by atoms with Crippen molar-refractivity contribution >= 4 is 27.5 Å². The van der Waals surface area contributed by atoms with Crippen LogP contribution in [0.25, 0.3) is 0 Å². The molecule has 0 N–H and O–H groups in total. The zero-order valence-corrected chi connectivity index (χ0v) is 14.4. The Kier molecular flexibility index (Phi) is 5.47. The third kappa shape index (κ3) is 4.44. The van der Waals surface area contributed by atoms with Crippen molar-refractivity contribution < 1.29 is 13.2 Å². The van der Waals surface area contributed by atoms with Gasteiger partial charge in [0.15, 0.2) is 0 Å². The summed E-state index contributed by atoms with van der Waals surface area (Å²) in [6.07, 6.45) is 2.92. The molecule has 1 amide bonds. The van der Waals surface area contributed by atoms with Crippen LogP contribution in [0.15, 0.2) is 24.3 Å². The summed E-state index contributed by atoms with van der Waals surface area (Å²) in [6, 6.07) is 7.23. The van der Waals surface area contributed by atoms with Crippen LogP contribution in [0.4, 0.5) is 0 Å². The summed E-state index contributed by atoms with van der Waals surface area (Å²) in [6.45, 7) is 1.19. The van der Waals surface area contributed by atoms with E-state index in [2.05, 4.69) is 0 Å². The number of amides is 1. The largest absolute Gasteiger partial charge is 0.342 e. The van der Waals surface area contributed by atoms with E-state index in [-0.39, 0.29) is 11.9 Å². The van der Waals surface area contributed by atoms with Crippen molar-refractivity contribution in [3.8, 4) is 0 Å². The third-order valence-electron chi connectivity index (χ3n) is 4.12. The van der Waals surface area contributed by atoms with Gasteiger partial charge in [-0.3, -0.25) is 4.79 Å². The lowest BCUT2D eigenvalue weighted by atomic mass is 10.0. The van der Waals surface area contributed by atoms with Crippen molar-refractivity contribution in [2.45, 2.75) is 25.3 Å². The zero-order chi connectivity index (χ0) is 16.3. The van der Waals surface area contributed by atoms with Gasteiger partial charge < -0.3 is 4.90 Å². The Bertz CT molecular complexity index is 623. The molecule has 7 heteroatoms. The third-order valence-corrected chi connectivity index (χ3v) is 5.72. The highest BCUT2D eigenvalue weighted by Crippen LogP contribution is 2.18. The summed E-state index contributed by atoms with van der Waals surface area (Å²) in [4.78, 5) is 14.1. The minimum absolute atomic E-state index is 0.0189. The van der Waals surface area contributed by atoms with E-state index in [0.717, 1.165) is 5.56 Å². The van der Waals surface area contributed by atoms with E-state index in [0.29, 0.717) is 37.4 Å². The van der Waals surface area contributed by atoms with Gasteiger partial charge in [0.1, 0.15) is 0 Å². The lowest BCUT2D eigenvalue weighted by Gasteiger charge is -2.35. The number of carbonyl (C=O) groups excluding carboxylic acids is 1. The highest BCUT2D eigenvalue weighted by molar-refractivity contribution is 7.88. The van der Waals surface area contributed by atoms with Gasteiger partial charge in [-0.2, -0.15) is 0 Å². The molecule has 0 unspecified atom stereocenters. The fourth-order valence-electron chi connectivity index (χ4n) is 2.64. The summed E-state index contributed by atoms with van der Waals surface area (Å²) >= 11 is 5.83. The molecule has 0 spiro atoms. The lowest BCUT2D eigenvalue weighted by Crippen LogP contribution is -2.47. The molecule has 0 radical (unpaired) electrons. The molecule has 22 heavy (non-hydrogen) atoms. The van der Waals surface area contributed by atoms with Gasteiger partial charge in [-0.25, -0.2) is 12.7 Å². The Hall–Kier alpha value is -1.11. The lowest BCUT2D eigenvalue weighted by molar-refractivity contribution is -0.131. The molecular weight excluding hydrogens is 324 g/mol. The number of piperidine rings is 1. The van der Waals surface area contributed by atoms with Crippen LogP contribution in [0.5, 0.6) is 0 Å². The first-order valence-corrected chi connectivity index (χ1v) is 9.45. The van der Waals surface area contributed by atoms with Gasteiger partial charge in [0, 0.05) is 31.2 Å². The maximum absolute atomic E-state index is 12.3. The molecule has 5 nitrogen and oxygen atoms in total. The van der Waals surface area contributed by atoms with Crippen LogP contribution in [0.1, 0.15) is 18.4 Å². The molecule has 1 fully saturated rings. The maximum Gasteiger partial charge on any atom is 0.226 e. The summed E-state index contributed by atoms with van der Waals surface area (Å²) in [7, 11) is -1.57. The van der Waals surface area contributed by atoms with Gasteiger partial charge in [0.25, 0.3) is 0 Å². The monoisotopic (exact) mass is 344 g/mol. The molecule has 0 saturated carbocycles. The van der Waals surface area contributed by atoms with Gasteiger partial charge in [0.05, 0.1) is 12.7 Å². The summed E-state index contributed by atoms with van der Waals surface area (Å²) in [5, 5.41) is 0.654. The van der Waals surface area contributed by atoms with E-state index in [9.17, 15) is 13.2 Å². The minimum Gasteiger partial charge on any atom is -0.342 e. The molecule has 0 aromatic heterocycles. The second kappa shape index (κ2) is 6.98. The highest BCUT2D eigenvalue weighted by atomic mass is 35.5. The Morgan fingerprint density at radius 1 is 1.27 bits per heavy atom. The van der Waals surface area contributed by atoms with E-state index >= 15 is 0 Å². The summed E-state index contributed by atoms with van der Waals surface area (Å²) < 4.78 is 24.5. The van der Waals surface area contributed by atoms with Crippen LogP contribution in [0.3, 0.4) is 0 Å². The molecule has 1 aliphatic rings. The molecule has 1 aromatic rings. The van der Waals surface area contributed by atoms with Crippen LogP contribution in [-0.4, -0.2) is 56.0 Å². The Morgan fingerprint density at radius 2 is 1.82 bits per heavy atom. The Balaban J connectivity index is 1.88. The number of sulfonamides is 1. The molecule has 2 rings (SSSR count). The average Bonchev–Trinajstić information content (AvgIpc) is 2.48. The van der Waals surface area contributed by atoms with E-state index < -0.39 is 10.0 Å². The van der Waals surface area contributed by atoms with Crippen molar-refractivity contribution in [3.63, 3.8) is 0 Å². The number of hydrogen-bond donors (Lipinski definition) is 0. The predicted molar refractivity (Wildman–Crippen MR) is 87.4 cm³/mol. The Labute approximate surface area is 136 Å². The number of benzene rings is 1. The topological polar surface area (TPSA) is 57.7 Å². The minimum atomic E-state index is -3.18. The van der Waals surface area contributed by atoms with Crippen LogP contribution in [0.2, 0.25) is 5.02 Å². The van der Waals surface area contributed by atoms with E-state index in [1.165, 1.54) is 10.6 Å². The number of likely N-dealkylation sites (tertiary alicyclic amines) is 1. The SMILES string of the molecule is CN(C1CCN(C(=O)Cc2ccc(Cl)cc2)CC1)S(C)(=O)=O. The molecule has 122 valence electrons. The van der Waals surface area contributed by atoms with E-state index in [4.69, 9.17) is 11.6 Å². The predicted octanol–water partition coefficient (Wildman–Crippen LogP) is 1.76. The first-order valence-electron chi connectivity index (χ1n) is 7.22. The number of hydrogen-bond acceptors (Lipinski definition) is 3. The first-order chi connectivity index (χ1) is 10.3. The molecule has 1 aromatic carbocycles. The molecule has 1 heterocycles. The number of nitrogens with zero attached hydrogens (tertiary/aromatic N) is 2. The van der Waals surface area contributed by atoms with Crippen LogP contribution in [-0.2, 0) is 21.2 Å². The molecule has 0 aliphatic carbocycles. The van der Waals surface area contributed by atoms with Crippen molar-refractivity contribution in [1.29, 1.82) is 0 Å². The van der Waals surface area contributed by atoms with Crippen LogP contribution in [0, 0.1) is 0 Å². The fourth-order valence-corrected chi connectivity index (χ4v) is 3.52. The van der Waals surface area contributed by atoms with Crippen molar-refractivity contribution in [3.05, 3.63) is 34.9 Å².